The van der Waals surface area contributed by atoms with Gasteiger partial charge >= 0.3 is 5.97 Å². The number of benzene rings is 2. The average Bonchev–Trinajstić information content (AvgIpc) is 3.36. The van der Waals surface area contributed by atoms with Crippen LogP contribution in [0, 0.1) is 0 Å². The molecule has 5 N–H and O–H groups in total. The Morgan fingerprint density at radius 2 is 1.60 bits per heavy atom. The van der Waals surface area contributed by atoms with Crippen molar-refractivity contribution in [3.05, 3.63) is 47.0 Å². The van der Waals surface area contributed by atoms with Gasteiger partial charge in [0.05, 0.1) is 47.1 Å². The molecule has 7 atom stereocenters. The molecular weight excluding hydrogens is 556 g/mol. The lowest BCUT2D eigenvalue weighted by Crippen LogP contribution is -2.59. The van der Waals surface area contributed by atoms with Crippen molar-refractivity contribution in [2.75, 3.05) is 41.2 Å². The lowest BCUT2D eigenvalue weighted by Gasteiger charge is -2.39. The average molecular weight is 593 g/mol. The topological polar surface area (TPSA) is 183 Å². The van der Waals surface area contributed by atoms with E-state index in [1.165, 1.54) is 28.3 Å². The monoisotopic (exact) mass is 592 g/mol. The number of esters is 1. The summed E-state index contributed by atoms with van der Waals surface area (Å²) < 4.78 is 38.9. The van der Waals surface area contributed by atoms with Crippen LogP contribution in [0.15, 0.2) is 30.3 Å². The first-order valence-electron chi connectivity index (χ1n) is 13.2. The lowest BCUT2D eigenvalue weighted by molar-refractivity contribution is -0.298. The first-order chi connectivity index (χ1) is 20.2. The Morgan fingerprint density at radius 3 is 2.17 bits per heavy atom. The van der Waals surface area contributed by atoms with Gasteiger partial charge in [-0.1, -0.05) is 12.2 Å². The molecule has 0 amide bonds. The van der Waals surface area contributed by atoms with Crippen LogP contribution in [0.1, 0.15) is 35.6 Å². The first-order valence-corrected chi connectivity index (χ1v) is 13.2. The summed E-state index contributed by atoms with van der Waals surface area (Å²) in [5.74, 6) is 0.567. The van der Waals surface area contributed by atoms with Crippen molar-refractivity contribution in [2.45, 2.75) is 49.7 Å². The van der Waals surface area contributed by atoms with E-state index in [1.807, 2.05) is 0 Å². The van der Waals surface area contributed by atoms with Gasteiger partial charge in [0, 0.05) is 18.1 Å². The molecule has 0 radical (unpaired) electrons. The van der Waals surface area contributed by atoms with Crippen LogP contribution in [0.5, 0.6) is 28.7 Å². The van der Waals surface area contributed by atoms with Crippen LogP contribution in [0.3, 0.4) is 0 Å². The van der Waals surface area contributed by atoms with Gasteiger partial charge < -0.3 is 58.7 Å². The van der Waals surface area contributed by atoms with Gasteiger partial charge in [-0.15, -0.1) is 0 Å². The molecule has 4 rings (SSSR count). The Morgan fingerprint density at radius 1 is 0.905 bits per heavy atom. The molecule has 2 aliphatic rings. The normalized spacial score (nSPS) is 26.9. The van der Waals surface area contributed by atoms with Gasteiger partial charge in [0.2, 0.25) is 5.75 Å². The Kier molecular flexibility index (Phi) is 10.3. The fourth-order valence-electron chi connectivity index (χ4n) is 5.05. The summed E-state index contributed by atoms with van der Waals surface area (Å²) >= 11 is 0. The summed E-state index contributed by atoms with van der Waals surface area (Å²) in [6.07, 6.45) is -4.36. The Balaban J connectivity index is 1.59. The third kappa shape index (κ3) is 6.32. The minimum atomic E-state index is -1.55. The first kappa shape index (κ1) is 31.5. The fraction of sp³-hybridized carbons (Fsp3) is 0.483. The van der Waals surface area contributed by atoms with Gasteiger partial charge in [-0.05, 0) is 29.8 Å². The smallest absolute Gasteiger partial charge is 0.308 e. The highest BCUT2D eigenvalue weighted by atomic mass is 16.7. The van der Waals surface area contributed by atoms with E-state index in [9.17, 15) is 30.3 Å². The van der Waals surface area contributed by atoms with Crippen LogP contribution >= 0.6 is 0 Å². The molecule has 0 spiro atoms. The van der Waals surface area contributed by atoms with Crippen LogP contribution in [-0.2, 0) is 14.3 Å². The predicted octanol–water partition coefficient (Wildman–Crippen LogP) is 0.677. The van der Waals surface area contributed by atoms with Crippen molar-refractivity contribution in [1.29, 1.82) is 0 Å². The highest BCUT2D eigenvalue weighted by Gasteiger charge is 2.44. The number of carbonyl (C=O) groups excluding carboxylic acids is 1. The zero-order chi connectivity index (χ0) is 30.6. The molecule has 7 unspecified atom stereocenters. The van der Waals surface area contributed by atoms with Crippen molar-refractivity contribution >= 4 is 12.0 Å². The maximum atomic E-state index is 11.9. The number of methoxy groups -OCH3 is 3. The highest BCUT2D eigenvalue weighted by Crippen LogP contribution is 2.52. The number of fused-ring (bicyclic) bond motifs is 1. The fourth-order valence-corrected chi connectivity index (χ4v) is 5.05. The zero-order valence-electron chi connectivity index (χ0n) is 23.6. The number of rotatable bonds is 11. The molecule has 2 aliphatic heterocycles. The van der Waals surface area contributed by atoms with Gasteiger partial charge in [-0.3, -0.25) is 4.79 Å². The van der Waals surface area contributed by atoms with Crippen LogP contribution < -0.4 is 23.7 Å². The summed E-state index contributed by atoms with van der Waals surface area (Å²) in [7, 11) is 4.48. The van der Waals surface area contributed by atoms with Crippen molar-refractivity contribution in [3.63, 3.8) is 0 Å². The van der Waals surface area contributed by atoms with Gasteiger partial charge in [0.25, 0.3) is 0 Å². The lowest BCUT2D eigenvalue weighted by atomic mass is 9.90. The summed E-state index contributed by atoms with van der Waals surface area (Å²) in [5.41, 5.74) is 1.83. The van der Waals surface area contributed by atoms with E-state index < -0.39 is 55.3 Å². The number of carbonyl (C=O) groups is 1. The molecule has 0 aromatic heterocycles. The van der Waals surface area contributed by atoms with E-state index >= 15 is 0 Å². The predicted molar refractivity (Wildman–Crippen MR) is 146 cm³/mol. The van der Waals surface area contributed by atoms with Crippen LogP contribution in [-0.4, -0.2) is 103 Å². The minimum Gasteiger partial charge on any atom is -0.493 e. The maximum Gasteiger partial charge on any atom is 0.308 e. The van der Waals surface area contributed by atoms with E-state index in [2.05, 4.69) is 0 Å². The standard InChI is InChI=1S/C29H36O13/c1-14(32)40-21-9-15(6-5-7-39-29-25(35)24(34)23(33)22(13-31)41-29)8-17-18(12-30)26(42-27(17)21)16-10-19(36-2)28(38-4)20(11-16)37-3/h5-6,8-11,18,22-26,29-31,33-35H,7,12-13H2,1-4H3. The Bertz CT molecular complexity index is 1250. The van der Waals surface area contributed by atoms with Crippen molar-refractivity contribution in [2.24, 2.45) is 0 Å². The number of aliphatic hydroxyl groups excluding tert-OH is 5. The maximum absolute atomic E-state index is 11.9. The molecule has 2 heterocycles. The molecule has 2 aromatic rings. The quantitative estimate of drug-likeness (QED) is 0.182. The summed E-state index contributed by atoms with van der Waals surface area (Å²) in [4.78, 5) is 11.9. The van der Waals surface area contributed by atoms with Crippen LogP contribution in [0.25, 0.3) is 6.08 Å². The summed E-state index contributed by atoms with van der Waals surface area (Å²) in [5, 5.41) is 49.8. The van der Waals surface area contributed by atoms with Crippen molar-refractivity contribution in [3.8, 4) is 28.7 Å². The molecule has 2 aromatic carbocycles. The molecule has 1 fully saturated rings. The van der Waals surface area contributed by atoms with Gasteiger partial charge in [0.1, 0.15) is 30.5 Å². The van der Waals surface area contributed by atoms with E-state index in [-0.39, 0.29) is 19.0 Å². The molecule has 1 saturated heterocycles. The second kappa shape index (κ2) is 13.7. The number of hydrogen-bond donors (Lipinski definition) is 5. The van der Waals surface area contributed by atoms with Crippen LogP contribution in [0.2, 0.25) is 0 Å². The van der Waals surface area contributed by atoms with Crippen molar-refractivity contribution < 1.29 is 63.5 Å². The number of aliphatic hydroxyl groups is 5. The van der Waals surface area contributed by atoms with Gasteiger partial charge in [-0.25, -0.2) is 0 Å². The minimum absolute atomic E-state index is 0.0728. The zero-order valence-corrected chi connectivity index (χ0v) is 23.6. The molecule has 42 heavy (non-hydrogen) atoms. The largest absolute Gasteiger partial charge is 0.493 e. The second-order valence-electron chi connectivity index (χ2n) is 9.75. The molecule has 230 valence electrons. The van der Waals surface area contributed by atoms with Gasteiger partial charge in [-0.2, -0.15) is 0 Å². The van der Waals surface area contributed by atoms with E-state index in [0.29, 0.717) is 39.7 Å². The Labute approximate surface area is 242 Å². The van der Waals surface area contributed by atoms with Gasteiger partial charge in [0.15, 0.2) is 29.3 Å². The summed E-state index contributed by atoms with van der Waals surface area (Å²) in [6, 6.07) is 6.83. The third-order valence-electron chi connectivity index (χ3n) is 7.10. The molecule has 13 nitrogen and oxygen atoms in total. The highest BCUT2D eigenvalue weighted by molar-refractivity contribution is 5.73. The third-order valence-corrected chi connectivity index (χ3v) is 7.10. The SMILES string of the molecule is COc1cc(C2Oc3c(OC(C)=O)cc(C=CCOC4OC(CO)C(O)C(O)C4O)cc3C2CO)cc(OC)c1OC. The molecule has 13 heteroatoms. The van der Waals surface area contributed by atoms with Crippen LogP contribution in [0.4, 0.5) is 0 Å². The Hall–Kier alpha value is -3.43. The van der Waals surface area contributed by atoms with E-state index in [4.69, 9.17) is 33.2 Å². The van der Waals surface area contributed by atoms with E-state index in [1.54, 1.807) is 36.4 Å². The number of hydrogen-bond acceptors (Lipinski definition) is 13. The van der Waals surface area contributed by atoms with E-state index in [0.717, 1.165) is 0 Å². The molecule has 0 aliphatic carbocycles. The summed E-state index contributed by atoms with van der Waals surface area (Å²) in [6.45, 7) is 0.330. The van der Waals surface area contributed by atoms with Crippen molar-refractivity contribution in [1.82, 2.24) is 0 Å². The number of ether oxygens (including phenoxy) is 7. The molecule has 0 bridgehead atoms. The molecule has 0 saturated carbocycles. The molecular formula is C29H36O13. The second-order valence-corrected chi connectivity index (χ2v) is 9.75.